The highest BCUT2D eigenvalue weighted by atomic mass is 16.3. The lowest BCUT2D eigenvalue weighted by Crippen LogP contribution is -2.48. The Morgan fingerprint density at radius 3 is 2.63 bits per heavy atom. The summed E-state index contributed by atoms with van der Waals surface area (Å²) < 4.78 is 0. The number of carbonyl (C=O) groups is 1. The number of phenolic OH excluding ortho intramolecular Hbond substituents is 1. The van der Waals surface area contributed by atoms with E-state index in [-0.39, 0.29) is 11.7 Å². The molecule has 1 aromatic carbocycles. The number of carbonyl (C=O) groups excluding carboxylic acids is 1. The molecule has 1 N–H and O–H groups in total. The molecule has 0 bridgehead atoms. The Bertz CT molecular complexity index is 514. The van der Waals surface area contributed by atoms with Gasteiger partial charge in [-0.3, -0.25) is 9.69 Å². The van der Waals surface area contributed by atoms with Crippen molar-refractivity contribution in [2.75, 3.05) is 32.7 Å². The van der Waals surface area contributed by atoms with Gasteiger partial charge in [-0.25, -0.2) is 0 Å². The molecule has 0 unspecified atom stereocenters. The second-order valence-electron chi connectivity index (χ2n) is 4.73. The van der Waals surface area contributed by atoms with Gasteiger partial charge in [0, 0.05) is 31.7 Å². The van der Waals surface area contributed by atoms with Gasteiger partial charge >= 0.3 is 0 Å². The molecule has 1 aliphatic heterocycles. The summed E-state index contributed by atoms with van der Waals surface area (Å²) in [5, 5.41) is 18.1. The van der Waals surface area contributed by atoms with E-state index in [0.29, 0.717) is 30.8 Å². The van der Waals surface area contributed by atoms with Gasteiger partial charge in [-0.05, 0) is 30.7 Å². The van der Waals surface area contributed by atoms with Crippen molar-refractivity contribution in [1.82, 2.24) is 9.80 Å². The lowest BCUT2D eigenvalue weighted by atomic mass is 10.1. The number of hydrogen-bond acceptors (Lipinski definition) is 4. The summed E-state index contributed by atoms with van der Waals surface area (Å²) in [7, 11) is 0. The maximum Gasteiger partial charge on any atom is 0.253 e. The quantitative estimate of drug-likeness (QED) is 0.804. The zero-order valence-electron chi connectivity index (χ0n) is 11.0. The maximum absolute atomic E-state index is 12.3. The monoisotopic (exact) mass is 259 g/mol. The van der Waals surface area contributed by atoms with Crippen molar-refractivity contribution in [3.05, 3.63) is 29.3 Å². The third-order valence-corrected chi connectivity index (χ3v) is 3.40. The Morgan fingerprint density at radius 1 is 1.37 bits per heavy atom. The zero-order valence-corrected chi connectivity index (χ0v) is 11.0. The van der Waals surface area contributed by atoms with E-state index < -0.39 is 0 Å². The minimum atomic E-state index is -0.0142. The lowest BCUT2D eigenvalue weighted by Gasteiger charge is -2.33. The fraction of sp³-hybridized carbons (Fsp3) is 0.429. The van der Waals surface area contributed by atoms with Crippen LogP contribution in [-0.4, -0.2) is 53.5 Å². The molecule has 0 aliphatic carbocycles. The zero-order chi connectivity index (χ0) is 13.8. The van der Waals surface area contributed by atoms with Gasteiger partial charge in [-0.2, -0.15) is 5.26 Å². The van der Waals surface area contributed by atoms with Crippen molar-refractivity contribution in [1.29, 1.82) is 5.26 Å². The van der Waals surface area contributed by atoms with Gasteiger partial charge in [0.25, 0.3) is 5.91 Å². The van der Waals surface area contributed by atoms with Crippen LogP contribution in [0.3, 0.4) is 0 Å². The summed E-state index contributed by atoms with van der Waals surface area (Å²) >= 11 is 0. The average molecular weight is 259 g/mol. The first-order chi connectivity index (χ1) is 9.11. The summed E-state index contributed by atoms with van der Waals surface area (Å²) in [5.74, 6) is 0.190. The molecule has 0 atom stereocenters. The van der Waals surface area contributed by atoms with Gasteiger partial charge in [0.2, 0.25) is 0 Å². The number of nitriles is 1. The van der Waals surface area contributed by atoms with Crippen LogP contribution < -0.4 is 0 Å². The van der Waals surface area contributed by atoms with Crippen molar-refractivity contribution in [3.63, 3.8) is 0 Å². The molecule has 2 rings (SSSR count). The van der Waals surface area contributed by atoms with Crippen molar-refractivity contribution in [3.8, 4) is 11.8 Å². The minimum absolute atomic E-state index is 0.0142. The summed E-state index contributed by atoms with van der Waals surface area (Å²) in [6.45, 7) is 4.94. The molecule has 1 aromatic rings. The summed E-state index contributed by atoms with van der Waals surface area (Å²) in [4.78, 5) is 16.1. The van der Waals surface area contributed by atoms with E-state index in [9.17, 15) is 9.90 Å². The summed E-state index contributed by atoms with van der Waals surface area (Å²) in [6, 6.07) is 7.02. The first-order valence-electron chi connectivity index (χ1n) is 6.30. The highest BCUT2D eigenvalue weighted by Crippen LogP contribution is 2.18. The predicted molar refractivity (Wildman–Crippen MR) is 70.8 cm³/mol. The number of hydrogen-bond donors (Lipinski definition) is 1. The Labute approximate surface area is 112 Å². The molecule has 0 saturated carbocycles. The molecule has 1 amide bonds. The van der Waals surface area contributed by atoms with Crippen LogP contribution in [0, 0.1) is 18.3 Å². The van der Waals surface area contributed by atoms with E-state index >= 15 is 0 Å². The van der Waals surface area contributed by atoms with Crippen molar-refractivity contribution in [2.24, 2.45) is 0 Å². The van der Waals surface area contributed by atoms with Crippen LogP contribution in [0.4, 0.5) is 0 Å². The molecule has 0 radical (unpaired) electrons. The maximum atomic E-state index is 12.3. The molecule has 100 valence electrons. The fourth-order valence-electron chi connectivity index (χ4n) is 2.18. The summed E-state index contributed by atoms with van der Waals surface area (Å²) in [5.41, 5.74) is 1.30. The molecule has 1 heterocycles. The smallest absolute Gasteiger partial charge is 0.253 e. The molecule has 0 aromatic heterocycles. The number of piperazine rings is 1. The molecule has 5 nitrogen and oxygen atoms in total. The van der Waals surface area contributed by atoms with E-state index in [1.165, 1.54) is 0 Å². The standard InChI is InChI=1S/C14H17N3O2/c1-11-10-12(2-3-13(11)18)14(19)17-8-6-16(5-4-15)7-9-17/h2-3,10,18H,5-9H2,1H3. The Morgan fingerprint density at radius 2 is 2.05 bits per heavy atom. The highest BCUT2D eigenvalue weighted by Gasteiger charge is 2.22. The molecule has 1 saturated heterocycles. The van der Waals surface area contributed by atoms with E-state index in [0.717, 1.165) is 13.1 Å². The molecule has 19 heavy (non-hydrogen) atoms. The number of aryl methyl sites for hydroxylation is 1. The van der Waals surface area contributed by atoms with E-state index in [4.69, 9.17) is 5.26 Å². The van der Waals surface area contributed by atoms with Crippen molar-refractivity contribution < 1.29 is 9.90 Å². The van der Waals surface area contributed by atoms with Crippen molar-refractivity contribution >= 4 is 5.91 Å². The number of nitrogens with zero attached hydrogens (tertiary/aromatic N) is 3. The van der Waals surface area contributed by atoms with Crippen molar-refractivity contribution in [2.45, 2.75) is 6.92 Å². The van der Waals surface area contributed by atoms with E-state index in [1.807, 2.05) is 4.90 Å². The molecule has 1 aliphatic rings. The molecular weight excluding hydrogens is 242 g/mol. The Kier molecular flexibility index (Phi) is 4.03. The molecule has 1 fully saturated rings. The van der Waals surface area contributed by atoms with Crippen LogP contribution in [0.1, 0.15) is 15.9 Å². The first kappa shape index (κ1) is 13.4. The van der Waals surface area contributed by atoms with Crippen LogP contribution in [0.2, 0.25) is 0 Å². The number of phenols is 1. The number of amides is 1. The third-order valence-electron chi connectivity index (χ3n) is 3.40. The minimum Gasteiger partial charge on any atom is -0.508 e. The number of benzene rings is 1. The summed E-state index contributed by atoms with van der Waals surface area (Å²) in [6.07, 6.45) is 0. The second kappa shape index (κ2) is 5.72. The van der Waals surface area contributed by atoms with Gasteiger partial charge in [0.1, 0.15) is 5.75 Å². The van der Waals surface area contributed by atoms with E-state index in [1.54, 1.807) is 30.0 Å². The van der Waals surface area contributed by atoms with E-state index in [2.05, 4.69) is 6.07 Å². The highest BCUT2D eigenvalue weighted by molar-refractivity contribution is 5.94. The van der Waals surface area contributed by atoms with Crippen LogP contribution in [0.15, 0.2) is 18.2 Å². The topological polar surface area (TPSA) is 67.6 Å². The molecular formula is C14H17N3O2. The van der Waals surface area contributed by atoms with Crippen LogP contribution in [0.25, 0.3) is 0 Å². The predicted octanol–water partition coefficient (Wildman–Crippen LogP) is 0.982. The van der Waals surface area contributed by atoms with Gasteiger partial charge < -0.3 is 10.0 Å². The largest absolute Gasteiger partial charge is 0.508 e. The fourth-order valence-corrected chi connectivity index (χ4v) is 2.18. The van der Waals surface area contributed by atoms with Gasteiger partial charge in [-0.15, -0.1) is 0 Å². The van der Waals surface area contributed by atoms with Gasteiger partial charge in [-0.1, -0.05) is 0 Å². The first-order valence-corrected chi connectivity index (χ1v) is 6.30. The third kappa shape index (κ3) is 3.04. The molecule has 5 heteroatoms. The Balaban J connectivity index is 2.01. The van der Waals surface area contributed by atoms with Crippen LogP contribution >= 0.6 is 0 Å². The molecule has 0 spiro atoms. The van der Waals surface area contributed by atoms with Gasteiger partial charge in [0.15, 0.2) is 0 Å². The van der Waals surface area contributed by atoms with Crippen LogP contribution in [0.5, 0.6) is 5.75 Å². The number of aromatic hydroxyl groups is 1. The van der Waals surface area contributed by atoms with Crippen LogP contribution in [-0.2, 0) is 0 Å². The Hall–Kier alpha value is -2.06. The number of rotatable bonds is 2. The lowest BCUT2D eigenvalue weighted by molar-refractivity contribution is 0.0651. The second-order valence-corrected chi connectivity index (χ2v) is 4.73. The normalized spacial score (nSPS) is 16.1. The van der Waals surface area contributed by atoms with Gasteiger partial charge in [0.05, 0.1) is 12.6 Å². The average Bonchev–Trinajstić information content (AvgIpc) is 2.42. The SMILES string of the molecule is Cc1cc(C(=O)N2CCN(CC#N)CC2)ccc1O.